The van der Waals surface area contributed by atoms with E-state index in [0.717, 1.165) is 12.0 Å². The number of ketones is 1. The van der Waals surface area contributed by atoms with Crippen LogP contribution in [0.4, 0.5) is 9.59 Å². The fourth-order valence-corrected chi connectivity index (χ4v) is 6.03. The molecule has 2 rings (SSSR count). The van der Waals surface area contributed by atoms with Crippen LogP contribution in [0, 0.1) is 29.1 Å². The van der Waals surface area contributed by atoms with Crippen molar-refractivity contribution in [3.05, 3.63) is 23.8 Å². The van der Waals surface area contributed by atoms with Crippen molar-refractivity contribution in [1.82, 2.24) is 4.90 Å². The Morgan fingerprint density at radius 2 is 1.67 bits per heavy atom. The number of primary amides is 1. The van der Waals surface area contributed by atoms with E-state index >= 15 is 0 Å². The Labute approximate surface area is 304 Å². The van der Waals surface area contributed by atoms with Gasteiger partial charge in [-0.15, -0.1) is 0 Å². The fraction of sp³-hybridized carbons (Fsp3) is 0.737. The molecule has 0 saturated carbocycles. The van der Waals surface area contributed by atoms with Crippen LogP contribution in [0.3, 0.4) is 0 Å². The highest BCUT2D eigenvalue weighted by molar-refractivity contribution is 5.84. The van der Waals surface area contributed by atoms with Gasteiger partial charge < -0.3 is 38.9 Å². The Morgan fingerprint density at radius 3 is 2.25 bits per heavy atom. The standard InChI is InChI=1S/C38H62N2O11/c1-24(2)28(18-27-12-13-32(46-10)34(19-27)47-17-11-16-45-9)20-30-33(21-29(25(3)4)31(41)14-15-38(7,8)35(39)42)48-22-40(30)36(43)49-23-50-37(44)51-26(5)6/h12-13,19,24-26,28-30,33H,11,14-18,20-23H2,1-10H3,(H2,39,42)/t28-,29-,30-,33-/m0/s1. The molecule has 0 aromatic heterocycles. The van der Waals surface area contributed by atoms with Crippen molar-refractivity contribution < 1.29 is 52.3 Å². The van der Waals surface area contributed by atoms with Crippen molar-refractivity contribution in [2.24, 2.45) is 34.8 Å². The van der Waals surface area contributed by atoms with E-state index in [2.05, 4.69) is 13.8 Å². The minimum absolute atomic E-state index is 0.0117. The summed E-state index contributed by atoms with van der Waals surface area (Å²) in [6.07, 6.45) is 0.394. The second-order valence-corrected chi connectivity index (χ2v) is 14.9. The van der Waals surface area contributed by atoms with Crippen molar-refractivity contribution in [2.75, 3.05) is 41.0 Å². The number of nitrogens with two attached hydrogens (primary N) is 1. The summed E-state index contributed by atoms with van der Waals surface area (Å²) in [6.45, 7) is 15.5. The third-order valence-electron chi connectivity index (χ3n) is 9.51. The summed E-state index contributed by atoms with van der Waals surface area (Å²) in [4.78, 5) is 52.3. The molecular weight excluding hydrogens is 660 g/mol. The van der Waals surface area contributed by atoms with E-state index in [9.17, 15) is 19.2 Å². The third-order valence-corrected chi connectivity index (χ3v) is 9.51. The maximum Gasteiger partial charge on any atom is 0.511 e. The SMILES string of the molecule is COCCCOc1cc(C[C@@H](C[C@H]2[C@H](C[C@H](C(=O)CCC(C)(C)C(N)=O)C(C)C)OCN2C(=O)OCOC(=O)OC(C)C)C(C)C)ccc1OC. The Kier molecular flexibility index (Phi) is 18.0. The Hall–Kier alpha value is -3.58. The first-order chi connectivity index (χ1) is 24.0. The van der Waals surface area contributed by atoms with Gasteiger partial charge in [0, 0.05) is 37.9 Å². The number of carbonyl (C=O) groups is 4. The highest BCUT2D eigenvalue weighted by atomic mass is 16.8. The maximum atomic E-state index is 13.6. The lowest BCUT2D eigenvalue weighted by Crippen LogP contribution is -2.43. The fourth-order valence-electron chi connectivity index (χ4n) is 6.03. The summed E-state index contributed by atoms with van der Waals surface area (Å²) in [5, 5.41) is 0. The molecule has 2 amide bonds. The first-order valence-corrected chi connectivity index (χ1v) is 18.0. The van der Waals surface area contributed by atoms with Crippen molar-refractivity contribution in [3.63, 3.8) is 0 Å². The largest absolute Gasteiger partial charge is 0.511 e. The molecule has 13 heteroatoms. The van der Waals surface area contributed by atoms with Crippen molar-refractivity contribution >= 4 is 23.9 Å². The van der Waals surface area contributed by atoms with Gasteiger partial charge in [-0.2, -0.15) is 0 Å². The quantitative estimate of drug-likeness (QED) is 0.0788. The van der Waals surface area contributed by atoms with E-state index in [0.29, 0.717) is 50.4 Å². The molecule has 0 aliphatic carbocycles. The number of Topliss-reactive ketones (excluding diaryl/α,β-unsaturated/α-hetero) is 1. The average Bonchev–Trinajstić information content (AvgIpc) is 3.45. The highest BCUT2D eigenvalue weighted by Crippen LogP contribution is 2.36. The van der Waals surface area contributed by atoms with Gasteiger partial charge in [0.15, 0.2) is 11.5 Å². The van der Waals surface area contributed by atoms with Crippen molar-refractivity contribution in [3.8, 4) is 11.5 Å². The summed E-state index contributed by atoms with van der Waals surface area (Å²) >= 11 is 0. The van der Waals surface area contributed by atoms with E-state index < -0.39 is 42.5 Å². The molecule has 1 heterocycles. The van der Waals surface area contributed by atoms with Crippen LogP contribution in [0.15, 0.2) is 18.2 Å². The van der Waals surface area contributed by atoms with Crippen LogP contribution in [0.5, 0.6) is 11.5 Å². The molecule has 1 aromatic rings. The smallest absolute Gasteiger partial charge is 0.493 e. The summed E-state index contributed by atoms with van der Waals surface area (Å²) in [5.74, 6) is 0.777. The molecule has 1 aliphatic heterocycles. The number of hydrogen-bond donors (Lipinski definition) is 1. The van der Waals surface area contributed by atoms with Gasteiger partial charge in [0.05, 0.1) is 32.0 Å². The van der Waals surface area contributed by atoms with Gasteiger partial charge in [0.2, 0.25) is 12.7 Å². The number of rotatable bonds is 22. The van der Waals surface area contributed by atoms with Crippen LogP contribution >= 0.6 is 0 Å². The van der Waals surface area contributed by atoms with Crippen LogP contribution < -0.4 is 15.2 Å². The highest BCUT2D eigenvalue weighted by Gasteiger charge is 2.43. The minimum atomic E-state index is -0.941. The minimum Gasteiger partial charge on any atom is -0.493 e. The Balaban J connectivity index is 2.34. The Morgan fingerprint density at radius 1 is 0.961 bits per heavy atom. The number of methoxy groups -OCH3 is 2. The van der Waals surface area contributed by atoms with E-state index in [1.54, 1.807) is 41.9 Å². The molecule has 4 atom stereocenters. The second-order valence-electron chi connectivity index (χ2n) is 14.9. The van der Waals surface area contributed by atoms with Gasteiger partial charge >= 0.3 is 12.2 Å². The lowest BCUT2D eigenvalue weighted by molar-refractivity contribution is -0.129. The van der Waals surface area contributed by atoms with Crippen LogP contribution in [0.1, 0.15) is 93.1 Å². The molecular formula is C38H62N2O11. The monoisotopic (exact) mass is 722 g/mol. The molecule has 1 saturated heterocycles. The van der Waals surface area contributed by atoms with E-state index in [4.69, 9.17) is 38.9 Å². The van der Waals surface area contributed by atoms with Crippen molar-refractivity contribution in [2.45, 2.75) is 112 Å². The number of carbonyl (C=O) groups excluding carboxylic acids is 4. The molecule has 1 aliphatic rings. The van der Waals surface area contributed by atoms with E-state index in [-0.39, 0.29) is 48.7 Å². The number of amides is 2. The zero-order valence-corrected chi connectivity index (χ0v) is 32.4. The van der Waals surface area contributed by atoms with Gasteiger partial charge in [-0.05, 0) is 75.0 Å². The van der Waals surface area contributed by atoms with Gasteiger partial charge in [0.25, 0.3) is 0 Å². The lowest BCUT2D eigenvalue weighted by Gasteiger charge is -2.33. The van der Waals surface area contributed by atoms with E-state index in [1.807, 2.05) is 32.0 Å². The first kappa shape index (κ1) is 43.6. The average molecular weight is 723 g/mol. The van der Waals surface area contributed by atoms with Gasteiger partial charge in [0.1, 0.15) is 12.5 Å². The lowest BCUT2D eigenvalue weighted by atomic mass is 9.78. The van der Waals surface area contributed by atoms with Crippen LogP contribution in [-0.2, 0) is 39.7 Å². The molecule has 51 heavy (non-hydrogen) atoms. The molecule has 1 aromatic carbocycles. The second kappa shape index (κ2) is 21.1. The normalized spacial score (nSPS) is 17.4. The van der Waals surface area contributed by atoms with E-state index in [1.165, 1.54) is 4.90 Å². The number of nitrogens with zero attached hydrogens (tertiary/aromatic N) is 1. The molecule has 2 N–H and O–H groups in total. The molecule has 1 fully saturated rings. The summed E-state index contributed by atoms with van der Waals surface area (Å²) < 4.78 is 38.2. The number of benzene rings is 1. The van der Waals surface area contributed by atoms with Crippen LogP contribution in [-0.4, -0.2) is 88.0 Å². The summed E-state index contributed by atoms with van der Waals surface area (Å²) in [7, 11) is 3.26. The van der Waals surface area contributed by atoms with Gasteiger partial charge in [-0.1, -0.05) is 47.6 Å². The first-order valence-electron chi connectivity index (χ1n) is 18.0. The molecule has 0 radical (unpaired) electrons. The maximum absolute atomic E-state index is 13.6. The molecule has 290 valence electrons. The van der Waals surface area contributed by atoms with Gasteiger partial charge in [-0.25, -0.2) is 9.59 Å². The molecule has 0 spiro atoms. The summed E-state index contributed by atoms with van der Waals surface area (Å²) in [5.41, 5.74) is 5.80. The topological polar surface area (TPSA) is 162 Å². The number of hydrogen-bond acceptors (Lipinski definition) is 11. The zero-order chi connectivity index (χ0) is 38.3. The number of ether oxygens (including phenoxy) is 7. The predicted molar refractivity (Wildman–Crippen MR) is 191 cm³/mol. The predicted octanol–water partition coefficient (Wildman–Crippen LogP) is 6.52. The van der Waals surface area contributed by atoms with Gasteiger partial charge in [-0.3, -0.25) is 14.5 Å². The summed E-state index contributed by atoms with van der Waals surface area (Å²) in [6, 6.07) is 5.46. The van der Waals surface area contributed by atoms with Crippen LogP contribution in [0.2, 0.25) is 0 Å². The third kappa shape index (κ3) is 14.2. The molecule has 0 unspecified atom stereocenters. The zero-order valence-electron chi connectivity index (χ0n) is 32.4. The van der Waals surface area contributed by atoms with Crippen LogP contribution in [0.25, 0.3) is 0 Å². The molecule has 0 bridgehead atoms. The van der Waals surface area contributed by atoms with Crippen molar-refractivity contribution in [1.29, 1.82) is 0 Å². The molecule has 13 nitrogen and oxygen atoms in total. The Bertz CT molecular complexity index is 1270.